The largest absolute Gasteiger partial charge is 0.481 e. The first-order valence-corrected chi connectivity index (χ1v) is 7.78. The van der Waals surface area contributed by atoms with Crippen LogP contribution in [-0.4, -0.2) is 40.5 Å². The van der Waals surface area contributed by atoms with Crippen LogP contribution in [0.5, 0.6) is 0 Å². The third kappa shape index (κ3) is 3.51. The molecule has 1 aromatic carbocycles. The first-order valence-electron chi connectivity index (χ1n) is 6.90. The van der Waals surface area contributed by atoms with Crippen molar-refractivity contribution in [2.24, 2.45) is 5.92 Å². The Balaban J connectivity index is 2.16. The van der Waals surface area contributed by atoms with Crippen molar-refractivity contribution >= 4 is 23.2 Å². The lowest BCUT2D eigenvalue weighted by Crippen LogP contribution is -2.33. The maximum Gasteiger partial charge on any atom is 0.308 e. The fourth-order valence-electron chi connectivity index (χ4n) is 2.08. The van der Waals surface area contributed by atoms with E-state index in [0.29, 0.717) is 5.69 Å². The number of amides is 1. The van der Waals surface area contributed by atoms with Crippen LogP contribution in [0.2, 0.25) is 0 Å². The van der Waals surface area contributed by atoms with Gasteiger partial charge < -0.3 is 10.0 Å². The summed E-state index contributed by atoms with van der Waals surface area (Å²) in [5.74, 6) is -1.79. The molecular weight excluding hydrogens is 300 g/mol. The molecule has 1 atom stereocenters. The van der Waals surface area contributed by atoms with E-state index in [1.165, 1.54) is 16.2 Å². The zero-order valence-electron chi connectivity index (χ0n) is 12.7. The Kier molecular flexibility index (Phi) is 4.92. The van der Waals surface area contributed by atoms with E-state index in [1.54, 1.807) is 19.4 Å². The van der Waals surface area contributed by atoms with Crippen molar-refractivity contribution in [3.63, 3.8) is 0 Å². The number of nitrogens with zero attached hydrogens (tertiary/aromatic N) is 2. The predicted molar refractivity (Wildman–Crippen MR) is 86.0 cm³/mol. The molecule has 22 heavy (non-hydrogen) atoms. The topological polar surface area (TPSA) is 70.5 Å². The average molecular weight is 318 g/mol. The molecule has 0 saturated carbocycles. The quantitative estimate of drug-likeness (QED) is 0.920. The molecule has 116 valence electrons. The Morgan fingerprint density at radius 3 is 2.68 bits per heavy atom. The number of aromatic nitrogens is 1. The minimum Gasteiger partial charge on any atom is -0.481 e. The van der Waals surface area contributed by atoms with E-state index in [0.717, 1.165) is 16.1 Å². The molecule has 0 aliphatic rings. The van der Waals surface area contributed by atoms with Crippen molar-refractivity contribution in [3.05, 3.63) is 40.9 Å². The fourth-order valence-corrected chi connectivity index (χ4v) is 2.96. The van der Waals surface area contributed by atoms with Crippen molar-refractivity contribution in [1.29, 1.82) is 0 Å². The molecule has 6 heteroatoms. The highest BCUT2D eigenvalue weighted by Crippen LogP contribution is 2.26. The molecule has 0 radical (unpaired) electrons. The summed E-state index contributed by atoms with van der Waals surface area (Å²) in [5, 5.41) is 11.4. The van der Waals surface area contributed by atoms with Gasteiger partial charge in [0.05, 0.1) is 5.92 Å². The van der Waals surface area contributed by atoms with Gasteiger partial charge in [0.1, 0.15) is 10.7 Å². The van der Waals surface area contributed by atoms with E-state index >= 15 is 0 Å². The zero-order valence-corrected chi connectivity index (χ0v) is 13.6. The molecule has 2 rings (SSSR count). The van der Waals surface area contributed by atoms with Gasteiger partial charge in [-0.25, -0.2) is 4.98 Å². The van der Waals surface area contributed by atoms with Crippen LogP contribution < -0.4 is 0 Å². The Labute approximate surface area is 133 Å². The van der Waals surface area contributed by atoms with Crippen LogP contribution >= 0.6 is 11.3 Å². The SMILES string of the molecule is Cc1ccccc1-c1nc(C(=O)N(C)CC(C)C(=O)O)cs1. The van der Waals surface area contributed by atoms with Crippen LogP contribution in [0.15, 0.2) is 29.6 Å². The number of rotatable bonds is 5. The molecule has 0 spiro atoms. The van der Waals surface area contributed by atoms with E-state index in [-0.39, 0.29) is 12.5 Å². The summed E-state index contributed by atoms with van der Waals surface area (Å²) in [7, 11) is 1.59. The van der Waals surface area contributed by atoms with Gasteiger partial charge in [-0.15, -0.1) is 11.3 Å². The molecule has 0 bridgehead atoms. The number of thiazole rings is 1. The lowest BCUT2D eigenvalue weighted by molar-refractivity contribution is -0.141. The number of benzene rings is 1. The van der Waals surface area contributed by atoms with Crippen LogP contribution in [0.3, 0.4) is 0 Å². The number of hydrogen-bond donors (Lipinski definition) is 1. The number of carbonyl (C=O) groups is 2. The number of carbonyl (C=O) groups excluding carboxylic acids is 1. The van der Waals surface area contributed by atoms with Gasteiger partial charge in [-0.05, 0) is 12.5 Å². The molecule has 0 aliphatic carbocycles. The molecule has 5 nitrogen and oxygen atoms in total. The molecule has 1 heterocycles. The summed E-state index contributed by atoms with van der Waals surface area (Å²) in [6.45, 7) is 3.73. The van der Waals surface area contributed by atoms with Crippen molar-refractivity contribution in [2.75, 3.05) is 13.6 Å². The smallest absolute Gasteiger partial charge is 0.308 e. The second kappa shape index (κ2) is 6.70. The maximum atomic E-state index is 12.3. The van der Waals surface area contributed by atoms with Gasteiger partial charge >= 0.3 is 5.97 Å². The molecule has 1 N–H and O–H groups in total. The van der Waals surface area contributed by atoms with E-state index in [4.69, 9.17) is 5.11 Å². The third-order valence-electron chi connectivity index (χ3n) is 3.41. The minimum absolute atomic E-state index is 0.158. The van der Waals surface area contributed by atoms with E-state index < -0.39 is 11.9 Å². The Morgan fingerprint density at radius 1 is 1.36 bits per heavy atom. The molecule has 0 aliphatic heterocycles. The summed E-state index contributed by atoms with van der Waals surface area (Å²) >= 11 is 1.41. The molecule has 1 unspecified atom stereocenters. The van der Waals surface area contributed by atoms with Crippen molar-refractivity contribution in [3.8, 4) is 10.6 Å². The first-order chi connectivity index (χ1) is 10.4. The van der Waals surface area contributed by atoms with Crippen LogP contribution in [0, 0.1) is 12.8 Å². The molecule has 2 aromatic rings. The molecule has 1 amide bonds. The van der Waals surface area contributed by atoms with Crippen LogP contribution in [0.4, 0.5) is 0 Å². The van der Waals surface area contributed by atoms with E-state index in [9.17, 15) is 9.59 Å². The minimum atomic E-state index is -0.918. The van der Waals surface area contributed by atoms with Gasteiger partial charge in [0.2, 0.25) is 0 Å². The van der Waals surface area contributed by atoms with Crippen LogP contribution in [-0.2, 0) is 4.79 Å². The number of aryl methyl sites for hydroxylation is 1. The maximum absolute atomic E-state index is 12.3. The van der Waals surface area contributed by atoms with Gasteiger partial charge in [-0.3, -0.25) is 9.59 Å². The monoisotopic (exact) mass is 318 g/mol. The number of hydrogen-bond acceptors (Lipinski definition) is 4. The summed E-state index contributed by atoms with van der Waals surface area (Å²) in [4.78, 5) is 29.0. The van der Waals surface area contributed by atoms with Crippen LogP contribution in [0.25, 0.3) is 10.6 Å². The third-order valence-corrected chi connectivity index (χ3v) is 4.29. The first kappa shape index (κ1) is 16.2. The number of carboxylic acid groups (broad SMARTS) is 1. The summed E-state index contributed by atoms with van der Waals surface area (Å²) in [6.07, 6.45) is 0. The van der Waals surface area contributed by atoms with Gasteiger partial charge in [0, 0.05) is 24.5 Å². The number of aliphatic carboxylic acids is 1. The van der Waals surface area contributed by atoms with Gasteiger partial charge in [-0.1, -0.05) is 31.2 Å². The average Bonchev–Trinajstić information content (AvgIpc) is 2.96. The summed E-state index contributed by atoms with van der Waals surface area (Å²) in [6, 6.07) is 7.86. The standard InChI is InChI=1S/C16H18N2O3S/c1-10-6-4-5-7-12(10)14-17-13(9-22-14)15(19)18(3)8-11(2)16(20)21/h4-7,9,11H,8H2,1-3H3,(H,20,21). The second-order valence-corrected chi connectivity index (χ2v) is 6.14. The molecular formula is C16H18N2O3S. The molecule has 0 fully saturated rings. The van der Waals surface area contributed by atoms with Crippen molar-refractivity contribution < 1.29 is 14.7 Å². The summed E-state index contributed by atoms with van der Waals surface area (Å²) < 4.78 is 0. The van der Waals surface area contributed by atoms with E-state index in [2.05, 4.69) is 4.98 Å². The van der Waals surface area contributed by atoms with Gasteiger partial charge in [0.15, 0.2) is 0 Å². The normalized spacial score (nSPS) is 12.0. The Hall–Kier alpha value is -2.21. The molecule has 1 aromatic heterocycles. The number of carboxylic acids is 1. The van der Waals surface area contributed by atoms with Gasteiger partial charge in [0.25, 0.3) is 5.91 Å². The second-order valence-electron chi connectivity index (χ2n) is 5.28. The Morgan fingerprint density at radius 2 is 2.05 bits per heavy atom. The lowest BCUT2D eigenvalue weighted by Gasteiger charge is -2.18. The van der Waals surface area contributed by atoms with Gasteiger partial charge in [-0.2, -0.15) is 0 Å². The van der Waals surface area contributed by atoms with Crippen molar-refractivity contribution in [1.82, 2.24) is 9.88 Å². The van der Waals surface area contributed by atoms with Crippen LogP contribution in [0.1, 0.15) is 23.0 Å². The molecule has 0 saturated heterocycles. The van der Waals surface area contributed by atoms with Crippen molar-refractivity contribution in [2.45, 2.75) is 13.8 Å². The lowest BCUT2D eigenvalue weighted by atomic mass is 10.1. The summed E-state index contributed by atoms with van der Waals surface area (Å²) in [5.41, 5.74) is 2.46. The fraction of sp³-hybridized carbons (Fsp3) is 0.312. The highest BCUT2D eigenvalue weighted by molar-refractivity contribution is 7.13. The highest BCUT2D eigenvalue weighted by Gasteiger charge is 2.20. The predicted octanol–water partition coefficient (Wildman–Crippen LogP) is 2.91. The van der Waals surface area contributed by atoms with E-state index in [1.807, 2.05) is 31.2 Å². The highest BCUT2D eigenvalue weighted by atomic mass is 32.1. The Bertz CT molecular complexity index is 696. The zero-order chi connectivity index (χ0) is 16.3.